The number of alkyl carbamates (subject to hydrolysis) is 1. The Labute approximate surface area is 226 Å². The summed E-state index contributed by atoms with van der Waals surface area (Å²) in [5.41, 5.74) is 0.0110. The van der Waals surface area contributed by atoms with Crippen LogP contribution in [0.5, 0.6) is 5.75 Å². The topological polar surface area (TPSA) is 134 Å². The molecular weight excluding hydrogens is 490 g/mol. The molecule has 0 aliphatic heterocycles. The van der Waals surface area contributed by atoms with E-state index in [-0.39, 0.29) is 36.8 Å². The number of carbonyl (C=O) groups excluding carboxylic acids is 4. The Hall–Kier alpha value is -3.30. The van der Waals surface area contributed by atoms with Crippen molar-refractivity contribution in [1.29, 1.82) is 0 Å². The van der Waals surface area contributed by atoms with E-state index >= 15 is 0 Å². The molecule has 0 saturated carbocycles. The minimum atomic E-state index is -1.22. The summed E-state index contributed by atoms with van der Waals surface area (Å²) < 4.78 is 10.3. The number of hydrogen-bond donors (Lipinski definition) is 3. The number of benzene rings is 1. The van der Waals surface area contributed by atoms with Gasteiger partial charge < -0.3 is 30.1 Å². The number of ether oxygens (including phenoxy) is 2. The lowest BCUT2D eigenvalue weighted by atomic mass is 9.96. The summed E-state index contributed by atoms with van der Waals surface area (Å²) in [4.78, 5) is 53.3. The Balaban J connectivity index is 3.46. The van der Waals surface area contributed by atoms with Gasteiger partial charge in [0.2, 0.25) is 11.8 Å². The normalized spacial score (nSPS) is 13.0. The number of rotatable bonds is 12. The highest BCUT2D eigenvalue weighted by atomic mass is 16.6. The van der Waals surface area contributed by atoms with Crippen molar-refractivity contribution in [1.82, 2.24) is 15.5 Å². The van der Waals surface area contributed by atoms with Crippen molar-refractivity contribution in [3.8, 4) is 5.75 Å². The first-order valence-electron chi connectivity index (χ1n) is 13.1. The third-order valence-electron chi connectivity index (χ3n) is 5.53. The van der Waals surface area contributed by atoms with Gasteiger partial charge in [-0.15, -0.1) is 0 Å². The van der Waals surface area contributed by atoms with Crippen molar-refractivity contribution in [2.45, 2.75) is 98.9 Å². The second-order valence-electron chi connectivity index (χ2n) is 10.9. The van der Waals surface area contributed by atoms with Gasteiger partial charge in [-0.05, 0) is 66.4 Å². The van der Waals surface area contributed by atoms with E-state index in [2.05, 4.69) is 10.6 Å². The van der Waals surface area contributed by atoms with Crippen LogP contribution in [-0.4, -0.2) is 64.7 Å². The summed E-state index contributed by atoms with van der Waals surface area (Å²) in [6.07, 6.45) is -0.482. The summed E-state index contributed by atoms with van der Waals surface area (Å²) in [7, 11) is 0. The fourth-order valence-electron chi connectivity index (χ4n) is 3.94. The van der Waals surface area contributed by atoms with Crippen molar-refractivity contribution in [3.05, 3.63) is 29.3 Å². The summed E-state index contributed by atoms with van der Waals surface area (Å²) in [5.74, 6) is -1.60. The number of nitrogens with zero attached hydrogens (tertiary/aromatic N) is 1. The lowest BCUT2D eigenvalue weighted by Gasteiger charge is -2.37. The number of phenols is 1. The first-order chi connectivity index (χ1) is 17.6. The van der Waals surface area contributed by atoms with E-state index in [9.17, 15) is 24.3 Å². The van der Waals surface area contributed by atoms with Crippen LogP contribution >= 0.6 is 0 Å². The monoisotopic (exact) mass is 535 g/mol. The molecule has 1 aromatic rings. The van der Waals surface area contributed by atoms with E-state index in [1.807, 2.05) is 13.8 Å². The highest BCUT2D eigenvalue weighted by Crippen LogP contribution is 2.33. The fourth-order valence-corrected chi connectivity index (χ4v) is 3.94. The Morgan fingerprint density at radius 1 is 1.08 bits per heavy atom. The number of nitrogens with one attached hydrogen (secondary N) is 2. The molecule has 2 atom stereocenters. The van der Waals surface area contributed by atoms with Gasteiger partial charge in [0.05, 0.1) is 13.0 Å². The number of amides is 3. The molecule has 1 aromatic carbocycles. The molecule has 1 rings (SSSR count). The van der Waals surface area contributed by atoms with Gasteiger partial charge in [-0.3, -0.25) is 14.4 Å². The Morgan fingerprint density at radius 3 is 2.24 bits per heavy atom. The first-order valence-corrected chi connectivity index (χ1v) is 13.1. The van der Waals surface area contributed by atoms with Crippen LogP contribution in [0.3, 0.4) is 0 Å². The second-order valence-corrected chi connectivity index (χ2v) is 10.9. The van der Waals surface area contributed by atoms with Crippen molar-refractivity contribution >= 4 is 23.9 Å². The van der Waals surface area contributed by atoms with Gasteiger partial charge in [0.1, 0.15) is 23.4 Å². The van der Waals surface area contributed by atoms with Gasteiger partial charge in [0, 0.05) is 18.2 Å². The van der Waals surface area contributed by atoms with Crippen LogP contribution in [0.15, 0.2) is 18.2 Å². The average molecular weight is 536 g/mol. The molecule has 10 nitrogen and oxygen atoms in total. The van der Waals surface area contributed by atoms with Gasteiger partial charge in [-0.2, -0.15) is 0 Å². The molecular formula is C28H45N3O7. The molecule has 0 fully saturated rings. The van der Waals surface area contributed by atoms with E-state index in [0.29, 0.717) is 12.0 Å². The van der Waals surface area contributed by atoms with Gasteiger partial charge in [0.25, 0.3) is 0 Å². The molecule has 0 heterocycles. The fraction of sp³-hybridized carbons (Fsp3) is 0.643. The third-order valence-corrected chi connectivity index (χ3v) is 5.53. The zero-order valence-electron chi connectivity index (χ0n) is 24.2. The predicted octanol–water partition coefficient (Wildman–Crippen LogP) is 3.99. The molecule has 3 amide bonds. The van der Waals surface area contributed by atoms with E-state index in [1.54, 1.807) is 66.7 Å². The number of para-hydroxylation sites is 1. The molecule has 0 aliphatic rings. The van der Waals surface area contributed by atoms with Crippen molar-refractivity contribution in [2.24, 2.45) is 5.92 Å². The maximum atomic E-state index is 14.0. The zero-order valence-corrected chi connectivity index (χ0v) is 24.2. The average Bonchev–Trinajstić information content (AvgIpc) is 2.77. The van der Waals surface area contributed by atoms with Crippen molar-refractivity contribution in [2.75, 3.05) is 13.2 Å². The number of esters is 1. The number of aryl methyl sites for hydroxylation is 1. The SMILES string of the molecule is CCOC(=O)CCNC(=O)C(c1cccc(C)c1O)N(C(=O)C(CC(C)C)NC(=O)OC(C)(C)C)C(C)C. The lowest BCUT2D eigenvalue weighted by molar-refractivity contribution is -0.146. The number of carbonyl (C=O) groups is 4. The van der Waals surface area contributed by atoms with Crippen LogP contribution in [-0.2, 0) is 23.9 Å². The Morgan fingerprint density at radius 2 is 1.71 bits per heavy atom. The molecule has 3 N–H and O–H groups in total. The summed E-state index contributed by atoms with van der Waals surface area (Å²) in [5, 5.41) is 16.3. The predicted molar refractivity (Wildman–Crippen MR) is 144 cm³/mol. The third kappa shape index (κ3) is 10.2. The highest BCUT2D eigenvalue weighted by molar-refractivity contribution is 5.93. The molecule has 214 valence electrons. The molecule has 38 heavy (non-hydrogen) atoms. The number of phenolic OH excluding ortho intramolecular Hbond substituents is 1. The van der Waals surface area contributed by atoms with Gasteiger partial charge in [0.15, 0.2) is 0 Å². The van der Waals surface area contributed by atoms with Crippen LogP contribution in [0.4, 0.5) is 4.79 Å². The summed E-state index contributed by atoms with van der Waals surface area (Å²) in [6.45, 7) is 16.1. The van der Waals surface area contributed by atoms with Gasteiger partial charge in [-0.1, -0.05) is 32.0 Å². The smallest absolute Gasteiger partial charge is 0.408 e. The molecule has 0 bridgehead atoms. The highest BCUT2D eigenvalue weighted by Gasteiger charge is 2.39. The van der Waals surface area contributed by atoms with Crippen LogP contribution in [0.1, 0.15) is 85.4 Å². The molecule has 0 radical (unpaired) electrons. The van der Waals surface area contributed by atoms with E-state index in [0.717, 1.165) is 0 Å². The van der Waals surface area contributed by atoms with Crippen molar-refractivity contribution in [3.63, 3.8) is 0 Å². The quantitative estimate of drug-likeness (QED) is 0.345. The van der Waals surface area contributed by atoms with E-state index in [4.69, 9.17) is 9.47 Å². The number of aromatic hydroxyl groups is 1. The Kier molecular flexibility index (Phi) is 12.6. The maximum Gasteiger partial charge on any atom is 0.408 e. The Bertz CT molecular complexity index is 970. The minimum absolute atomic E-state index is 0.00749. The summed E-state index contributed by atoms with van der Waals surface area (Å²) in [6, 6.07) is 2.28. The second kappa shape index (κ2) is 14.6. The van der Waals surface area contributed by atoms with E-state index in [1.165, 1.54) is 4.90 Å². The first kappa shape index (κ1) is 32.7. The molecule has 0 spiro atoms. The molecule has 0 aliphatic carbocycles. The van der Waals surface area contributed by atoms with Crippen LogP contribution in [0.2, 0.25) is 0 Å². The zero-order chi connectivity index (χ0) is 29.2. The van der Waals surface area contributed by atoms with Crippen LogP contribution in [0, 0.1) is 12.8 Å². The van der Waals surface area contributed by atoms with Crippen LogP contribution < -0.4 is 10.6 Å². The molecule has 2 unspecified atom stereocenters. The minimum Gasteiger partial charge on any atom is -0.507 e. The molecule has 0 aromatic heterocycles. The van der Waals surface area contributed by atoms with E-state index < -0.39 is 47.6 Å². The number of hydrogen-bond acceptors (Lipinski definition) is 7. The molecule has 0 saturated heterocycles. The van der Waals surface area contributed by atoms with Crippen LogP contribution in [0.25, 0.3) is 0 Å². The molecule has 10 heteroatoms. The largest absolute Gasteiger partial charge is 0.507 e. The van der Waals surface area contributed by atoms with Gasteiger partial charge >= 0.3 is 12.1 Å². The maximum absolute atomic E-state index is 14.0. The van der Waals surface area contributed by atoms with Crippen molar-refractivity contribution < 1.29 is 33.8 Å². The standard InChI is InChI=1S/C28H45N3O7/c1-10-37-22(32)14-15-29-25(34)23(20-13-11-12-19(6)24(20)33)31(18(4)5)26(35)21(16-17(2)3)30-27(36)38-28(7,8)9/h11-13,17-18,21,23,33H,10,14-16H2,1-9H3,(H,29,34)(H,30,36). The van der Waals surface area contributed by atoms with Gasteiger partial charge in [-0.25, -0.2) is 4.79 Å². The lowest BCUT2D eigenvalue weighted by Crippen LogP contribution is -2.55. The summed E-state index contributed by atoms with van der Waals surface area (Å²) >= 11 is 0.